The zero-order valence-corrected chi connectivity index (χ0v) is 9.09. The number of carbonyl (C=O) groups excluding carboxylic acids is 1. The molecule has 0 amide bonds. The van der Waals surface area contributed by atoms with Gasteiger partial charge in [-0.1, -0.05) is 0 Å². The number of aliphatic hydroxyl groups excluding tert-OH is 1. The summed E-state index contributed by atoms with van der Waals surface area (Å²) in [5, 5.41) is 12.1. The maximum atomic E-state index is 11.6. The Balaban J connectivity index is 2.62. The quantitative estimate of drug-likeness (QED) is 0.648. The molecule has 82 valence electrons. The smallest absolute Gasteiger partial charge is 0.326 e. The monoisotopic (exact) mass is 201 g/mol. The lowest BCUT2D eigenvalue weighted by Gasteiger charge is -2.52. The number of aliphatic hydroxyl groups is 1. The largest absolute Gasteiger partial charge is 0.465 e. The Kier molecular flexibility index (Phi) is 3.17. The zero-order chi connectivity index (χ0) is 10.8. The van der Waals surface area contributed by atoms with Gasteiger partial charge < -0.3 is 9.84 Å². The van der Waals surface area contributed by atoms with Crippen molar-refractivity contribution in [3.05, 3.63) is 0 Å². The molecule has 1 atom stereocenters. The van der Waals surface area contributed by atoms with Crippen molar-refractivity contribution < 1.29 is 14.6 Å². The van der Waals surface area contributed by atoms with Crippen LogP contribution in [0, 0.1) is 0 Å². The van der Waals surface area contributed by atoms with Crippen LogP contribution in [0.1, 0.15) is 33.6 Å². The Morgan fingerprint density at radius 1 is 1.57 bits per heavy atom. The van der Waals surface area contributed by atoms with Crippen LogP contribution in [-0.4, -0.2) is 35.4 Å². The van der Waals surface area contributed by atoms with E-state index in [0.717, 1.165) is 6.42 Å². The fourth-order valence-electron chi connectivity index (χ4n) is 2.22. The number of carbonyl (C=O) groups is 1. The Hall–Kier alpha value is -0.610. The van der Waals surface area contributed by atoms with Crippen LogP contribution in [0.2, 0.25) is 0 Å². The highest BCUT2D eigenvalue weighted by atomic mass is 16.5. The lowest BCUT2D eigenvalue weighted by Crippen LogP contribution is -2.73. The average molecular weight is 201 g/mol. The first kappa shape index (κ1) is 11.5. The fraction of sp³-hybridized carbons (Fsp3) is 0.900. The highest BCUT2D eigenvalue weighted by Crippen LogP contribution is 2.36. The molecule has 0 radical (unpaired) electrons. The average Bonchev–Trinajstić information content (AvgIpc) is 2.01. The molecule has 2 N–H and O–H groups in total. The van der Waals surface area contributed by atoms with Gasteiger partial charge in [0.2, 0.25) is 0 Å². The first-order valence-corrected chi connectivity index (χ1v) is 5.03. The van der Waals surface area contributed by atoms with Gasteiger partial charge in [0.15, 0.2) is 0 Å². The maximum absolute atomic E-state index is 11.6. The van der Waals surface area contributed by atoms with Crippen LogP contribution in [0.15, 0.2) is 0 Å². The van der Waals surface area contributed by atoms with Crippen LogP contribution in [-0.2, 0) is 9.53 Å². The number of nitrogens with one attached hydrogen (secondary N) is 1. The number of rotatable bonds is 4. The van der Waals surface area contributed by atoms with Crippen LogP contribution in [0.4, 0.5) is 0 Å². The van der Waals surface area contributed by atoms with Crippen molar-refractivity contribution in [2.24, 2.45) is 0 Å². The van der Waals surface area contributed by atoms with Crippen molar-refractivity contribution in [1.82, 2.24) is 5.32 Å². The SMILES string of the molecule is CCOC(=O)C1(CCO)CC(C)(C)N1. The summed E-state index contributed by atoms with van der Waals surface area (Å²) >= 11 is 0. The third kappa shape index (κ3) is 2.07. The summed E-state index contributed by atoms with van der Waals surface area (Å²) < 4.78 is 4.98. The second kappa shape index (κ2) is 3.87. The van der Waals surface area contributed by atoms with Crippen molar-refractivity contribution in [3.8, 4) is 0 Å². The summed E-state index contributed by atoms with van der Waals surface area (Å²) in [7, 11) is 0. The van der Waals surface area contributed by atoms with Crippen LogP contribution >= 0.6 is 0 Å². The van der Waals surface area contributed by atoms with Gasteiger partial charge in [0.1, 0.15) is 5.54 Å². The lowest BCUT2D eigenvalue weighted by atomic mass is 9.72. The molecule has 1 aliphatic heterocycles. The first-order valence-electron chi connectivity index (χ1n) is 5.03. The van der Waals surface area contributed by atoms with Gasteiger partial charge in [-0.05, 0) is 33.6 Å². The van der Waals surface area contributed by atoms with Gasteiger partial charge in [-0.25, -0.2) is 0 Å². The van der Waals surface area contributed by atoms with Crippen molar-refractivity contribution in [2.75, 3.05) is 13.2 Å². The van der Waals surface area contributed by atoms with E-state index in [1.54, 1.807) is 6.92 Å². The molecule has 0 aromatic carbocycles. The minimum absolute atomic E-state index is 0.00188. The van der Waals surface area contributed by atoms with Crippen molar-refractivity contribution >= 4 is 5.97 Å². The van der Waals surface area contributed by atoms with Gasteiger partial charge >= 0.3 is 5.97 Å². The predicted molar refractivity (Wildman–Crippen MR) is 52.9 cm³/mol. The van der Waals surface area contributed by atoms with Crippen molar-refractivity contribution in [1.29, 1.82) is 0 Å². The second-order valence-electron chi connectivity index (χ2n) is 4.46. The highest BCUT2D eigenvalue weighted by molar-refractivity contribution is 5.82. The predicted octanol–water partition coefficient (Wildman–Crippen LogP) is 0.443. The van der Waals surface area contributed by atoms with Crippen molar-refractivity contribution in [3.63, 3.8) is 0 Å². The molecule has 0 aromatic heterocycles. The summed E-state index contributed by atoms with van der Waals surface area (Å²) in [4.78, 5) is 11.6. The minimum Gasteiger partial charge on any atom is -0.465 e. The fourth-order valence-corrected chi connectivity index (χ4v) is 2.22. The molecule has 4 nitrogen and oxygen atoms in total. The molecule has 1 heterocycles. The van der Waals surface area contributed by atoms with Crippen molar-refractivity contribution in [2.45, 2.75) is 44.7 Å². The molecule has 1 aliphatic rings. The topological polar surface area (TPSA) is 58.6 Å². The molecule has 0 spiro atoms. The van der Waals surface area contributed by atoms with E-state index in [1.807, 2.05) is 13.8 Å². The molecule has 1 rings (SSSR count). The van der Waals surface area contributed by atoms with E-state index in [2.05, 4.69) is 5.32 Å². The Morgan fingerprint density at radius 2 is 2.14 bits per heavy atom. The molecule has 4 heteroatoms. The van der Waals surface area contributed by atoms with E-state index >= 15 is 0 Å². The third-order valence-corrected chi connectivity index (χ3v) is 2.53. The molecule has 0 bridgehead atoms. The van der Waals surface area contributed by atoms with Crippen LogP contribution in [0.25, 0.3) is 0 Å². The highest BCUT2D eigenvalue weighted by Gasteiger charge is 2.54. The van der Waals surface area contributed by atoms with E-state index in [4.69, 9.17) is 9.84 Å². The van der Waals surface area contributed by atoms with E-state index in [-0.39, 0.29) is 18.1 Å². The summed E-state index contributed by atoms with van der Waals surface area (Å²) in [6, 6.07) is 0. The standard InChI is InChI=1S/C10H19NO3/c1-4-14-8(13)10(5-6-12)7-9(2,3)11-10/h11-12H,4-7H2,1-3H3. The lowest BCUT2D eigenvalue weighted by molar-refractivity contribution is -0.160. The summed E-state index contributed by atoms with van der Waals surface area (Å²) in [5.74, 6) is -0.242. The molecular weight excluding hydrogens is 182 g/mol. The molecule has 0 aliphatic carbocycles. The van der Waals surface area contributed by atoms with Gasteiger partial charge in [0.25, 0.3) is 0 Å². The summed E-state index contributed by atoms with van der Waals surface area (Å²) in [6.45, 7) is 6.23. The number of ether oxygens (including phenoxy) is 1. The van der Waals surface area contributed by atoms with E-state index < -0.39 is 5.54 Å². The first-order chi connectivity index (χ1) is 6.46. The third-order valence-electron chi connectivity index (χ3n) is 2.53. The Morgan fingerprint density at radius 3 is 2.50 bits per heavy atom. The normalized spacial score (nSPS) is 29.4. The second-order valence-corrected chi connectivity index (χ2v) is 4.46. The van der Waals surface area contributed by atoms with Gasteiger partial charge in [-0.3, -0.25) is 10.1 Å². The van der Waals surface area contributed by atoms with Gasteiger partial charge in [0, 0.05) is 12.1 Å². The Labute approximate surface area is 84.6 Å². The molecule has 1 saturated heterocycles. The molecule has 0 aromatic rings. The number of esters is 1. The molecule has 1 unspecified atom stereocenters. The molecule has 14 heavy (non-hydrogen) atoms. The van der Waals surface area contributed by atoms with Gasteiger partial charge in [-0.2, -0.15) is 0 Å². The van der Waals surface area contributed by atoms with E-state index in [0.29, 0.717) is 13.0 Å². The van der Waals surface area contributed by atoms with Gasteiger partial charge in [0.05, 0.1) is 6.61 Å². The molecule has 1 fully saturated rings. The molecular formula is C10H19NO3. The van der Waals surface area contributed by atoms with Crippen LogP contribution in [0.5, 0.6) is 0 Å². The van der Waals surface area contributed by atoms with E-state index in [1.165, 1.54) is 0 Å². The maximum Gasteiger partial charge on any atom is 0.326 e. The summed E-state index contributed by atoms with van der Waals surface area (Å²) in [5.41, 5.74) is -0.670. The van der Waals surface area contributed by atoms with Gasteiger partial charge in [-0.15, -0.1) is 0 Å². The summed E-state index contributed by atoms with van der Waals surface area (Å²) in [6.07, 6.45) is 1.15. The number of hydrogen-bond donors (Lipinski definition) is 2. The van der Waals surface area contributed by atoms with E-state index in [9.17, 15) is 4.79 Å². The minimum atomic E-state index is -0.645. The Bertz CT molecular complexity index is 217. The number of hydrogen-bond acceptors (Lipinski definition) is 4. The molecule has 0 saturated carbocycles. The van der Waals surface area contributed by atoms with Crippen LogP contribution in [0.3, 0.4) is 0 Å². The van der Waals surface area contributed by atoms with Crippen LogP contribution < -0.4 is 5.32 Å². The zero-order valence-electron chi connectivity index (χ0n) is 9.09.